The number of hydrogen-bond acceptors (Lipinski definition) is 2. The van der Waals surface area contributed by atoms with Crippen LogP contribution >= 0.6 is 12.6 Å². The van der Waals surface area contributed by atoms with Crippen LogP contribution in [0.2, 0.25) is 0 Å². The van der Waals surface area contributed by atoms with Gasteiger partial charge in [0, 0.05) is 10.9 Å². The summed E-state index contributed by atoms with van der Waals surface area (Å²) in [7, 11) is 0. The summed E-state index contributed by atoms with van der Waals surface area (Å²) in [6.45, 7) is 2.07. The van der Waals surface area contributed by atoms with E-state index in [2.05, 4.69) is 24.9 Å². The van der Waals surface area contributed by atoms with Crippen molar-refractivity contribution >= 4 is 18.5 Å². The van der Waals surface area contributed by atoms with Crippen molar-refractivity contribution in [3.63, 3.8) is 0 Å². The van der Waals surface area contributed by atoms with Gasteiger partial charge in [0.25, 0.3) is 5.91 Å². The van der Waals surface area contributed by atoms with Crippen LogP contribution < -0.4 is 5.32 Å². The summed E-state index contributed by atoms with van der Waals surface area (Å²) in [5, 5.41) is 3.02. The Morgan fingerprint density at radius 1 is 1.50 bits per heavy atom. The molecule has 0 aromatic heterocycles. The number of rotatable bonds is 4. The third kappa shape index (κ3) is 3.01. The molecule has 1 aromatic rings. The molecule has 1 aliphatic carbocycles. The quantitative estimate of drug-likeness (QED) is 0.772. The molecule has 0 heterocycles. The van der Waals surface area contributed by atoms with Crippen molar-refractivity contribution in [1.29, 1.82) is 0 Å². The van der Waals surface area contributed by atoms with Crippen LogP contribution in [0.3, 0.4) is 0 Å². The molecular weight excluding hydrogens is 218 g/mol. The van der Waals surface area contributed by atoms with Gasteiger partial charge < -0.3 is 5.32 Å². The molecule has 1 atom stereocenters. The molecule has 2 nitrogen and oxygen atoms in total. The van der Waals surface area contributed by atoms with Crippen molar-refractivity contribution < 1.29 is 4.79 Å². The molecule has 0 radical (unpaired) electrons. The first-order valence-electron chi connectivity index (χ1n) is 5.75. The second kappa shape index (κ2) is 4.91. The van der Waals surface area contributed by atoms with Crippen LogP contribution in [0.4, 0.5) is 0 Å². The third-order valence-electron chi connectivity index (χ3n) is 2.91. The second-order valence-electron chi connectivity index (χ2n) is 4.57. The molecule has 2 rings (SSSR count). The van der Waals surface area contributed by atoms with Crippen molar-refractivity contribution in [2.45, 2.75) is 37.1 Å². The van der Waals surface area contributed by atoms with Gasteiger partial charge in [-0.1, -0.05) is 25.0 Å². The van der Waals surface area contributed by atoms with Crippen molar-refractivity contribution in [1.82, 2.24) is 5.32 Å². The molecular formula is C13H17NOS. The molecule has 0 spiro atoms. The summed E-state index contributed by atoms with van der Waals surface area (Å²) in [4.78, 5) is 12.7. The average Bonchev–Trinajstić information content (AvgIpc) is 3.01. The summed E-state index contributed by atoms with van der Waals surface area (Å²) in [5.74, 6) is 0.820. The van der Waals surface area contributed by atoms with Crippen LogP contribution in [0.15, 0.2) is 29.2 Å². The Morgan fingerprint density at radius 3 is 2.81 bits per heavy atom. The van der Waals surface area contributed by atoms with Gasteiger partial charge in [0.05, 0.1) is 5.56 Å². The van der Waals surface area contributed by atoms with Crippen molar-refractivity contribution in [3.05, 3.63) is 29.8 Å². The van der Waals surface area contributed by atoms with Gasteiger partial charge >= 0.3 is 0 Å². The number of hydrogen-bond donors (Lipinski definition) is 2. The first kappa shape index (κ1) is 11.5. The van der Waals surface area contributed by atoms with Crippen LogP contribution in [-0.2, 0) is 0 Å². The number of amides is 1. The first-order valence-corrected chi connectivity index (χ1v) is 6.20. The van der Waals surface area contributed by atoms with Gasteiger partial charge in [0.1, 0.15) is 0 Å². The summed E-state index contributed by atoms with van der Waals surface area (Å²) in [6, 6.07) is 7.64. The first-order chi connectivity index (χ1) is 7.66. The normalized spacial score (nSPS) is 16.9. The van der Waals surface area contributed by atoms with Crippen LogP contribution in [0.1, 0.15) is 36.5 Å². The predicted molar refractivity (Wildman–Crippen MR) is 68.0 cm³/mol. The van der Waals surface area contributed by atoms with Crippen LogP contribution in [-0.4, -0.2) is 11.9 Å². The van der Waals surface area contributed by atoms with Gasteiger partial charge in [0.2, 0.25) is 0 Å². The van der Waals surface area contributed by atoms with Crippen molar-refractivity contribution in [3.8, 4) is 0 Å². The Hall–Kier alpha value is -0.960. The smallest absolute Gasteiger partial charge is 0.252 e. The van der Waals surface area contributed by atoms with E-state index < -0.39 is 0 Å². The highest BCUT2D eigenvalue weighted by molar-refractivity contribution is 7.80. The second-order valence-corrected chi connectivity index (χ2v) is 5.05. The zero-order valence-corrected chi connectivity index (χ0v) is 10.3. The van der Waals surface area contributed by atoms with E-state index in [0.717, 1.165) is 17.2 Å². The fourth-order valence-corrected chi connectivity index (χ4v) is 2.14. The summed E-state index contributed by atoms with van der Waals surface area (Å²) in [6.07, 6.45) is 3.74. The molecule has 3 heteroatoms. The van der Waals surface area contributed by atoms with Gasteiger partial charge in [-0.3, -0.25) is 4.79 Å². The number of nitrogens with one attached hydrogen (secondary N) is 1. The van der Waals surface area contributed by atoms with E-state index in [4.69, 9.17) is 0 Å². The van der Waals surface area contributed by atoms with Gasteiger partial charge in [-0.2, -0.15) is 0 Å². The molecule has 1 aromatic carbocycles. The Morgan fingerprint density at radius 2 is 2.19 bits per heavy atom. The SMILES string of the molecule is CC(CC1CC1)NC(=O)c1ccccc1S. The van der Waals surface area contributed by atoms with E-state index in [-0.39, 0.29) is 11.9 Å². The fraction of sp³-hybridized carbons (Fsp3) is 0.462. The molecule has 1 fully saturated rings. The summed E-state index contributed by atoms with van der Waals surface area (Å²) >= 11 is 4.28. The minimum Gasteiger partial charge on any atom is -0.350 e. The van der Waals surface area contributed by atoms with Gasteiger partial charge in [-0.25, -0.2) is 0 Å². The number of carbonyl (C=O) groups excluding carboxylic acids is 1. The summed E-state index contributed by atoms with van der Waals surface area (Å²) in [5.41, 5.74) is 0.661. The maximum absolute atomic E-state index is 11.9. The zero-order valence-electron chi connectivity index (χ0n) is 9.44. The molecule has 1 amide bonds. The molecule has 1 aliphatic rings. The molecule has 86 valence electrons. The van der Waals surface area contributed by atoms with Crippen molar-refractivity contribution in [2.24, 2.45) is 5.92 Å². The highest BCUT2D eigenvalue weighted by Gasteiger charge is 2.24. The minimum atomic E-state index is -0.0150. The predicted octanol–water partition coefficient (Wildman–Crippen LogP) is 2.89. The molecule has 0 aliphatic heterocycles. The Kier molecular flexibility index (Phi) is 3.54. The zero-order chi connectivity index (χ0) is 11.5. The lowest BCUT2D eigenvalue weighted by Gasteiger charge is -2.14. The van der Waals surface area contributed by atoms with E-state index in [9.17, 15) is 4.79 Å². The average molecular weight is 235 g/mol. The lowest BCUT2D eigenvalue weighted by molar-refractivity contribution is 0.0934. The topological polar surface area (TPSA) is 29.1 Å². The Balaban J connectivity index is 1.94. The highest BCUT2D eigenvalue weighted by Crippen LogP contribution is 2.33. The standard InChI is InChI=1S/C13H17NOS/c1-9(8-10-6-7-10)14-13(15)11-4-2-3-5-12(11)16/h2-5,9-10,16H,6-8H2,1H3,(H,14,15). The number of thiol groups is 1. The summed E-state index contributed by atoms with van der Waals surface area (Å²) < 4.78 is 0. The largest absolute Gasteiger partial charge is 0.350 e. The lowest BCUT2D eigenvalue weighted by atomic mass is 10.1. The maximum atomic E-state index is 11.9. The number of benzene rings is 1. The molecule has 1 unspecified atom stereocenters. The Labute approximate surface area is 102 Å². The van der Waals surface area contributed by atoms with E-state index in [1.165, 1.54) is 12.8 Å². The van der Waals surface area contributed by atoms with Crippen LogP contribution in [0, 0.1) is 5.92 Å². The maximum Gasteiger partial charge on any atom is 0.252 e. The van der Waals surface area contributed by atoms with Crippen molar-refractivity contribution in [2.75, 3.05) is 0 Å². The molecule has 16 heavy (non-hydrogen) atoms. The van der Waals surface area contributed by atoms with Gasteiger partial charge in [-0.15, -0.1) is 12.6 Å². The van der Waals surface area contributed by atoms with E-state index in [0.29, 0.717) is 5.56 Å². The molecule has 0 bridgehead atoms. The number of carbonyl (C=O) groups is 1. The third-order valence-corrected chi connectivity index (χ3v) is 3.30. The molecule has 1 N–H and O–H groups in total. The van der Waals surface area contributed by atoms with Crippen LogP contribution in [0.25, 0.3) is 0 Å². The lowest BCUT2D eigenvalue weighted by Crippen LogP contribution is -2.33. The van der Waals surface area contributed by atoms with E-state index >= 15 is 0 Å². The van der Waals surface area contributed by atoms with E-state index in [1.807, 2.05) is 24.3 Å². The molecule has 1 saturated carbocycles. The molecule has 0 saturated heterocycles. The highest BCUT2D eigenvalue weighted by atomic mass is 32.1. The van der Waals surface area contributed by atoms with E-state index in [1.54, 1.807) is 0 Å². The van der Waals surface area contributed by atoms with Crippen LogP contribution in [0.5, 0.6) is 0 Å². The Bertz CT molecular complexity index is 387. The minimum absolute atomic E-state index is 0.0150. The van der Waals surface area contributed by atoms with Gasteiger partial charge in [-0.05, 0) is 31.4 Å². The monoisotopic (exact) mass is 235 g/mol. The van der Waals surface area contributed by atoms with Gasteiger partial charge in [0.15, 0.2) is 0 Å². The fourth-order valence-electron chi connectivity index (χ4n) is 1.88.